The summed E-state index contributed by atoms with van der Waals surface area (Å²) in [5.74, 6) is 1.26. The number of amides is 2. The summed E-state index contributed by atoms with van der Waals surface area (Å²) in [7, 11) is -7.33. The van der Waals surface area contributed by atoms with E-state index in [1.165, 1.54) is 0 Å². The average molecular weight is 673 g/mol. The molecular formula is C30H36N6O8S2. The third-order valence-corrected chi connectivity index (χ3v) is 6.05. The van der Waals surface area contributed by atoms with Gasteiger partial charge in [-0.15, -0.1) is 0 Å². The summed E-state index contributed by atoms with van der Waals surface area (Å²) in [5.41, 5.74) is 4.29. The van der Waals surface area contributed by atoms with Crippen LogP contribution in [-0.2, 0) is 20.2 Å². The van der Waals surface area contributed by atoms with E-state index in [1.54, 1.807) is 24.3 Å². The molecule has 2 heterocycles. The zero-order valence-electron chi connectivity index (χ0n) is 25.6. The van der Waals surface area contributed by atoms with Crippen molar-refractivity contribution in [3.63, 3.8) is 0 Å². The Morgan fingerprint density at radius 1 is 0.630 bits per heavy atom. The van der Waals surface area contributed by atoms with Crippen molar-refractivity contribution in [2.75, 3.05) is 36.2 Å². The van der Waals surface area contributed by atoms with Crippen LogP contribution >= 0.6 is 0 Å². The number of carbonyl (C=O) groups is 2. The Kier molecular flexibility index (Phi) is 12.1. The first-order chi connectivity index (χ1) is 21.4. The summed E-state index contributed by atoms with van der Waals surface area (Å²) in [6.45, 7) is 5.70. The molecule has 6 N–H and O–H groups in total. The summed E-state index contributed by atoms with van der Waals surface area (Å²) in [6, 6.07) is 22.4. The van der Waals surface area contributed by atoms with E-state index < -0.39 is 20.2 Å². The van der Waals surface area contributed by atoms with E-state index in [4.69, 9.17) is 9.11 Å². The number of amidine groups is 2. The van der Waals surface area contributed by atoms with Crippen LogP contribution in [0.4, 0.5) is 11.4 Å². The highest BCUT2D eigenvalue weighted by Gasteiger charge is 2.16. The summed E-state index contributed by atoms with van der Waals surface area (Å²) in [6.07, 6.45) is 1.43. The molecule has 5 rings (SSSR count). The molecule has 2 aliphatic heterocycles. The minimum Gasteiger partial charge on any atom is -0.366 e. The lowest BCUT2D eigenvalue weighted by Crippen LogP contribution is -2.27. The van der Waals surface area contributed by atoms with Crippen LogP contribution in [0.5, 0.6) is 0 Å². The first kappa shape index (κ1) is 35.8. The van der Waals surface area contributed by atoms with Crippen LogP contribution in [0, 0.1) is 0 Å². The van der Waals surface area contributed by atoms with Gasteiger partial charge in [0.1, 0.15) is 11.7 Å². The van der Waals surface area contributed by atoms with Gasteiger partial charge < -0.3 is 21.3 Å². The molecule has 2 aliphatic rings. The maximum atomic E-state index is 12.7. The number of nitrogens with zero attached hydrogens (tertiary/aromatic N) is 2. The molecule has 0 saturated heterocycles. The molecule has 2 unspecified atom stereocenters. The van der Waals surface area contributed by atoms with Gasteiger partial charge in [0.25, 0.3) is 32.1 Å². The van der Waals surface area contributed by atoms with E-state index >= 15 is 0 Å². The molecular weight excluding hydrogens is 636 g/mol. The Balaban J connectivity index is 0.000000503. The van der Waals surface area contributed by atoms with Gasteiger partial charge >= 0.3 is 0 Å². The highest BCUT2D eigenvalue weighted by molar-refractivity contribution is 7.85. The fraction of sp³-hybridized carbons (Fsp3) is 0.267. The zero-order chi connectivity index (χ0) is 34.1. The summed E-state index contributed by atoms with van der Waals surface area (Å²) in [4.78, 5) is 34.3. The van der Waals surface area contributed by atoms with E-state index in [0.29, 0.717) is 47.1 Å². The fourth-order valence-electron chi connectivity index (χ4n) is 4.06. The van der Waals surface area contributed by atoms with Crippen LogP contribution in [0.25, 0.3) is 0 Å². The molecule has 16 heteroatoms. The van der Waals surface area contributed by atoms with E-state index in [9.17, 15) is 26.4 Å². The van der Waals surface area contributed by atoms with Gasteiger partial charge in [0.05, 0.1) is 25.6 Å². The lowest BCUT2D eigenvalue weighted by atomic mass is 10.1. The van der Waals surface area contributed by atoms with Crippen LogP contribution < -0.4 is 21.3 Å². The van der Waals surface area contributed by atoms with E-state index in [0.717, 1.165) is 35.9 Å². The maximum Gasteiger partial charge on any atom is 0.261 e. The van der Waals surface area contributed by atoms with E-state index in [2.05, 4.69) is 45.1 Å². The number of rotatable bonds is 6. The van der Waals surface area contributed by atoms with Gasteiger partial charge in [0.15, 0.2) is 0 Å². The molecule has 2 amide bonds. The molecule has 246 valence electrons. The molecule has 46 heavy (non-hydrogen) atoms. The van der Waals surface area contributed by atoms with Gasteiger partial charge in [-0.25, -0.2) is 0 Å². The van der Waals surface area contributed by atoms with Crippen LogP contribution in [0.15, 0.2) is 82.8 Å². The van der Waals surface area contributed by atoms with E-state index in [1.807, 2.05) is 48.5 Å². The largest absolute Gasteiger partial charge is 0.366 e. The number of hydrogen-bond acceptors (Lipinski definition) is 10. The van der Waals surface area contributed by atoms with Gasteiger partial charge in [-0.05, 0) is 86.6 Å². The molecule has 0 fully saturated rings. The summed E-state index contributed by atoms with van der Waals surface area (Å²) < 4.78 is 51.7. The molecule has 2 atom stereocenters. The number of anilines is 2. The Labute approximate surface area is 267 Å². The van der Waals surface area contributed by atoms with Crippen LogP contribution in [0.3, 0.4) is 0 Å². The molecule has 0 aliphatic carbocycles. The second-order valence-electron chi connectivity index (χ2n) is 10.6. The Morgan fingerprint density at radius 2 is 0.913 bits per heavy atom. The lowest BCUT2D eigenvalue weighted by Gasteiger charge is -2.10. The molecule has 3 aromatic rings. The standard InChI is InChI=1S/C28H28N6O2.2CH4O3S/c1-17-15-29-25(31-17)19-7-11-23(12-8-19)33-27(35)21-3-5-22(6-4-21)28(36)34-24-13-9-20(10-14-24)26-30-16-18(2)32-26;2*1-5(2,3)4/h3-14,17-18H,15-16H2,1-2H3,(H,29,31)(H,30,32)(H,33,35)(H,34,36);2*1H3,(H,2,3,4). The number of benzene rings is 3. The molecule has 14 nitrogen and oxygen atoms in total. The second-order valence-corrected chi connectivity index (χ2v) is 13.5. The normalized spacial score (nSPS) is 17.0. The molecule has 0 aromatic heterocycles. The van der Waals surface area contributed by atoms with Gasteiger partial charge in [0, 0.05) is 45.7 Å². The number of hydrogen-bond donors (Lipinski definition) is 6. The third-order valence-electron chi connectivity index (χ3n) is 6.05. The monoisotopic (exact) mass is 672 g/mol. The van der Waals surface area contributed by atoms with Crippen LogP contribution in [0.2, 0.25) is 0 Å². The minimum atomic E-state index is -3.67. The molecule has 3 aromatic carbocycles. The Bertz CT molecular complexity index is 1660. The van der Waals surface area contributed by atoms with E-state index in [-0.39, 0.29) is 11.8 Å². The van der Waals surface area contributed by atoms with Crippen molar-refractivity contribution in [1.82, 2.24) is 10.6 Å². The average Bonchev–Trinajstić information content (AvgIpc) is 3.60. The summed E-state index contributed by atoms with van der Waals surface area (Å²) in [5, 5.41) is 12.4. The van der Waals surface area contributed by atoms with Crippen LogP contribution in [0.1, 0.15) is 45.7 Å². The van der Waals surface area contributed by atoms with Crippen molar-refractivity contribution in [2.24, 2.45) is 9.98 Å². The molecule has 0 spiro atoms. The molecule has 0 radical (unpaired) electrons. The van der Waals surface area contributed by atoms with Gasteiger partial charge in [-0.1, -0.05) is 0 Å². The van der Waals surface area contributed by atoms with Gasteiger partial charge in [-0.2, -0.15) is 16.8 Å². The first-order valence-electron chi connectivity index (χ1n) is 13.8. The van der Waals surface area contributed by atoms with Crippen molar-refractivity contribution in [2.45, 2.75) is 25.9 Å². The van der Waals surface area contributed by atoms with Crippen molar-refractivity contribution in [1.29, 1.82) is 0 Å². The first-order valence-corrected chi connectivity index (χ1v) is 17.5. The predicted octanol–water partition coefficient (Wildman–Crippen LogP) is 2.68. The van der Waals surface area contributed by atoms with Crippen molar-refractivity contribution >= 4 is 55.1 Å². The number of nitrogens with one attached hydrogen (secondary N) is 4. The molecule has 0 bridgehead atoms. The van der Waals surface area contributed by atoms with Crippen LogP contribution in [-0.4, -0.2) is 87.1 Å². The summed E-state index contributed by atoms with van der Waals surface area (Å²) >= 11 is 0. The topological polar surface area (TPSA) is 216 Å². The second kappa shape index (κ2) is 15.6. The SMILES string of the molecule is CC1CN=C(c2ccc(NC(=O)c3ccc(C(=O)Nc4ccc(C5=NCC(C)N5)cc4)cc3)cc2)N1.CS(=O)(=O)O.CS(=O)(=O)O. The third kappa shape index (κ3) is 12.8. The minimum absolute atomic E-state index is 0.243. The molecule has 0 saturated carbocycles. The zero-order valence-corrected chi connectivity index (χ0v) is 27.2. The number of carbonyl (C=O) groups excluding carboxylic acids is 2. The van der Waals surface area contributed by atoms with Crippen molar-refractivity contribution < 1.29 is 35.5 Å². The lowest BCUT2D eigenvalue weighted by molar-refractivity contribution is 0.101. The highest BCUT2D eigenvalue weighted by Crippen LogP contribution is 2.16. The van der Waals surface area contributed by atoms with Gasteiger partial charge in [-0.3, -0.25) is 28.7 Å². The fourth-order valence-corrected chi connectivity index (χ4v) is 4.06. The Hall–Kier alpha value is -4.64. The van der Waals surface area contributed by atoms with Crippen molar-refractivity contribution in [3.05, 3.63) is 95.1 Å². The highest BCUT2D eigenvalue weighted by atomic mass is 32.2. The smallest absolute Gasteiger partial charge is 0.261 e. The predicted molar refractivity (Wildman–Crippen MR) is 178 cm³/mol. The van der Waals surface area contributed by atoms with Crippen molar-refractivity contribution in [3.8, 4) is 0 Å². The number of aliphatic imine (C=N–C) groups is 2. The van der Waals surface area contributed by atoms with Gasteiger partial charge in [0.2, 0.25) is 0 Å². The Morgan fingerprint density at radius 3 is 1.15 bits per heavy atom. The maximum absolute atomic E-state index is 12.7. The quantitative estimate of drug-likeness (QED) is 0.211.